The lowest BCUT2D eigenvalue weighted by Crippen LogP contribution is -2.42. The molecule has 2 aromatic heterocycles. The Balaban J connectivity index is 2.14. The molecule has 0 radical (unpaired) electrons. The Hall–Kier alpha value is -1.73. The molecular formula is C19H29N3O3S. The zero-order valence-electron chi connectivity index (χ0n) is 16.3. The Labute approximate surface area is 158 Å². The van der Waals surface area contributed by atoms with Gasteiger partial charge in [0.25, 0.3) is 5.56 Å². The highest BCUT2D eigenvalue weighted by atomic mass is 32.1. The maximum absolute atomic E-state index is 12.7. The molecule has 144 valence electrons. The number of methoxy groups -OCH3 is 1. The molecule has 7 heteroatoms. The van der Waals surface area contributed by atoms with Crippen molar-refractivity contribution in [1.82, 2.24) is 14.9 Å². The second-order valence-electron chi connectivity index (χ2n) is 6.53. The van der Waals surface area contributed by atoms with E-state index in [1.54, 1.807) is 7.11 Å². The van der Waals surface area contributed by atoms with E-state index in [0.717, 1.165) is 28.1 Å². The summed E-state index contributed by atoms with van der Waals surface area (Å²) in [6, 6.07) is 0.217. The number of nitrogens with one attached hydrogen (secondary N) is 1. The number of nitrogens with zero attached hydrogens (tertiary/aromatic N) is 2. The summed E-state index contributed by atoms with van der Waals surface area (Å²) in [7, 11) is 1.64. The molecule has 2 aromatic rings. The van der Waals surface area contributed by atoms with Crippen LogP contribution in [0.5, 0.6) is 0 Å². The summed E-state index contributed by atoms with van der Waals surface area (Å²) < 4.78 is 5.15. The number of hydrogen-bond acceptors (Lipinski definition) is 5. The lowest BCUT2D eigenvalue weighted by molar-refractivity contribution is -0.134. The van der Waals surface area contributed by atoms with E-state index in [1.165, 1.54) is 11.3 Å². The normalized spacial score (nSPS) is 11.5. The van der Waals surface area contributed by atoms with Gasteiger partial charge in [-0.2, -0.15) is 0 Å². The molecule has 0 atom stereocenters. The van der Waals surface area contributed by atoms with Crippen LogP contribution in [-0.4, -0.2) is 47.1 Å². The smallest absolute Gasteiger partial charge is 0.259 e. The molecule has 0 bridgehead atoms. The molecule has 6 nitrogen and oxygen atoms in total. The van der Waals surface area contributed by atoms with E-state index in [4.69, 9.17) is 4.74 Å². The third-order valence-corrected chi connectivity index (χ3v) is 6.00. The highest BCUT2D eigenvalue weighted by molar-refractivity contribution is 7.18. The van der Waals surface area contributed by atoms with E-state index in [-0.39, 0.29) is 17.5 Å². The first-order chi connectivity index (χ1) is 12.4. The first-order valence-corrected chi connectivity index (χ1v) is 10.0. The standard InChI is InChI=1S/C19H29N3O3S/c1-6-14(7-2)22(10-11-25-5)16(23)9-8-15-20-18(24)17-12(3)13(4)26-19(17)21-15/h14H,6-11H2,1-5H3,(H,20,21,24). The Bertz CT molecular complexity index is 808. The second-order valence-corrected chi connectivity index (χ2v) is 7.73. The van der Waals surface area contributed by atoms with Gasteiger partial charge in [-0.25, -0.2) is 4.98 Å². The van der Waals surface area contributed by atoms with Crippen molar-refractivity contribution in [3.8, 4) is 0 Å². The van der Waals surface area contributed by atoms with Crippen LogP contribution in [0.2, 0.25) is 0 Å². The highest BCUT2D eigenvalue weighted by Gasteiger charge is 2.21. The number of aromatic amines is 1. The SMILES string of the molecule is CCC(CC)N(CCOC)C(=O)CCc1nc2sc(C)c(C)c2c(=O)[nH]1. The van der Waals surface area contributed by atoms with Crippen LogP contribution in [0, 0.1) is 13.8 Å². The van der Waals surface area contributed by atoms with Crippen molar-refractivity contribution in [1.29, 1.82) is 0 Å². The van der Waals surface area contributed by atoms with Crippen molar-refractivity contribution >= 4 is 27.5 Å². The molecule has 0 aliphatic heterocycles. The van der Waals surface area contributed by atoms with Crippen LogP contribution in [-0.2, 0) is 16.0 Å². The lowest BCUT2D eigenvalue weighted by atomic mass is 10.1. The summed E-state index contributed by atoms with van der Waals surface area (Å²) >= 11 is 1.53. The number of hydrogen-bond donors (Lipinski definition) is 1. The predicted octanol–water partition coefficient (Wildman–Crippen LogP) is 3.20. The minimum atomic E-state index is -0.115. The van der Waals surface area contributed by atoms with Gasteiger partial charge in [-0.1, -0.05) is 13.8 Å². The van der Waals surface area contributed by atoms with Crippen molar-refractivity contribution in [3.05, 3.63) is 26.6 Å². The van der Waals surface area contributed by atoms with E-state index in [1.807, 2.05) is 18.7 Å². The van der Waals surface area contributed by atoms with E-state index >= 15 is 0 Å². The van der Waals surface area contributed by atoms with E-state index < -0.39 is 0 Å². The number of thiophene rings is 1. The first-order valence-electron chi connectivity index (χ1n) is 9.20. The molecule has 0 saturated heterocycles. The van der Waals surface area contributed by atoms with Gasteiger partial charge in [-0.15, -0.1) is 11.3 Å². The van der Waals surface area contributed by atoms with Gasteiger partial charge in [0.15, 0.2) is 0 Å². The molecule has 1 N–H and O–H groups in total. The monoisotopic (exact) mass is 379 g/mol. The van der Waals surface area contributed by atoms with E-state index in [0.29, 0.717) is 37.2 Å². The Morgan fingerprint density at radius 2 is 2.00 bits per heavy atom. The Morgan fingerprint density at radius 1 is 1.31 bits per heavy atom. The molecule has 2 heterocycles. The molecule has 0 aliphatic rings. The number of H-pyrrole nitrogens is 1. The predicted molar refractivity (Wildman–Crippen MR) is 106 cm³/mol. The summed E-state index contributed by atoms with van der Waals surface area (Å²) in [6.07, 6.45) is 2.60. The summed E-state index contributed by atoms with van der Waals surface area (Å²) in [5.74, 6) is 0.658. The minimum Gasteiger partial charge on any atom is -0.383 e. The summed E-state index contributed by atoms with van der Waals surface area (Å²) in [5, 5.41) is 0.668. The average Bonchev–Trinajstić information content (AvgIpc) is 2.91. The lowest BCUT2D eigenvalue weighted by Gasteiger charge is -2.30. The van der Waals surface area contributed by atoms with Crippen molar-refractivity contribution in [2.24, 2.45) is 0 Å². The Kier molecular flexibility index (Phi) is 7.34. The van der Waals surface area contributed by atoms with Crippen molar-refractivity contribution in [2.75, 3.05) is 20.3 Å². The van der Waals surface area contributed by atoms with Crippen LogP contribution >= 0.6 is 11.3 Å². The van der Waals surface area contributed by atoms with Crippen LogP contribution < -0.4 is 5.56 Å². The quantitative estimate of drug-likeness (QED) is 0.726. The number of fused-ring (bicyclic) bond motifs is 1. The topological polar surface area (TPSA) is 75.3 Å². The highest BCUT2D eigenvalue weighted by Crippen LogP contribution is 2.25. The second kappa shape index (κ2) is 9.28. The Morgan fingerprint density at radius 3 is 2.62 bits per heavy atom. The number of amides is 1. The molecule has 0 aliphatic carbocycles. The number of aryl methyl sites for hydroxylation is 3. The van der Waals surface area contributed by atoms with Gasteiger partial charge in [-0.3, -0.25) is 9.59 Å². The van der Waals surface area contributed by atoms with Gasteiger partial charge in [0.2, 0.25) is 5.91 Å². The van der Waals surface area contributed by atoms with Crippen LogP contribution in [0.3, 0.4) is 0 Å². The number of rotatable bonds is 9. The summed E-state index contributed by atoms with van der Waals surface area (Å²) in [5.41, 5.74) is 0.872. The van der Waals surface area contributed by atoms with Crippen molar-refractivity contribution in [3.63, 3.8) is 0 Å². The van der Waals surface area contributed by atoms with Gasteiger partial charge in [0.05, 0.1) is 12.0 Å². The molecule has 1 amide bonds. The fourth-order valence-electron chi connectivity index (χ4n) is 3.22. The van der Waals surface area contributed by atoms with Crippen LogP contribution in [0.15, 0.2) is 4.79 Å². The van der Waals surface area contributed by atoms with Crippen LogP contribution in [0.25, 0.3) is 10.2 Å². The molecule has 0 unspecified atom stereocenters. The number of carbonyl (C=O) groups is 1. The number of carbonyl (C=O) groups excluding carboxylic acids is 1. The summed E-state index contributed by atoms with van der Waals surface area (Å²) in [6.45, 7) is 9.24. The number of aromatic nitrogens is 2. The fraction of sp³-hybridized carbons (Fsp3) is 0.632. The average molecular weight is 380 g/mol. The third kappa shape index (κ3) is 4.51. The van der Waals surface area contributed by atoms with Gasteiger partial charge in [0.1, 0.15) is 10.7 Å². The molecule has 2 rings (SSSR count). The van der Waals surface area contributed by atoms with Crippen molar-refractivity contribution in [2.45, 2.75) is 59.4 Å². The van der Waals surface area contributed by atoms with Crippen LogP contribution in [0.1, 0.15) is 49.4 Å². The fourth-order valence-corrected chi connectivity index (χ4v) is 4.27. The van der Waals surface area contributed by atoms with Gasteiger partial charge >= 0.3 is 0 Å². The molecule has 0 aromatic carbocycles. The van der Waals surface area contributed by atoms with Gasteiger partial charge in [-0.05, 0) is 32.3 Å². The van der Waals surface area contributed by atoms with Crippen LogP contribution in [0.4, 0.5) is 0 Å². The molecular weight excluding hydrogens is 350 g/mol. The zero-order valence-corrected chi connectivity index (χ0v) is 17.2. The van der Waals surface area contributed by atoms with Crippen molar-refractivity contribution < 1.29 is 9.53 Å². The maximum atomic E-state index is 12.7. The largest absolute Gasteiger partial charge is 0.383 e. The molecule has 0 fully saturated rings. The molecule has 26 heavy (non-hydrogen) atoms. The van der Waals surface area contributed by atoms with Gasteiger partial charge in [0, 0.05) is 37.4 Å². The number of ether oxygens (including phenoxy) is 1. The first kappa shape index (κ1) is 20.6. The molecule has 0 saturated carbocycles. The van der Waals surface area contributed by atoms with Gasteiger partial charge < -0.3 is 14.6 Å². The minimum absolute atomic E-state index is 0.0806. The molecule has 0 spiro atoms. The maximum Gasteiger partial charge on any atom is 0.259 e. The van der Waals surface area contributed by atoms with E-state index in [2.05, 4.69) is 23.8 Å². The summed E-state index contributed by atoms with van der Waals surface area (Å²) in [4.78, 5) is 36.3. The van der Waals surface area contributed by atoms with E-state index in [9.17, 15) is 9.59 Å². The third-order valence-electron chi connectivity index (χ3n) is 4.90. The zero-order chi connectivity index (χ0) is 19.3.